The number of nitrogens with zero attached hydrogens (tertiary/aromatic N) is 2. The number of aromatic amines is 1. The molecule has 1 amide bonds. The molecule has 28 heavy (non-hydrogen) atoms. The summed E-state index contributed by atoms with van der Waals surface area (Å²) in [6, 6.07) is 10.4. The molecule has 146 valence electrons. The van der Waals surface area contributed by atoms with Crippen LogP contribution in [0.3, 0.4) is 0 Å². The second-order valence-corrected chi connectivity index (χ2v) is 6.75. The minimum Gasteiger partial charge on any atom is -0.377 e. The average molecular weight is 384 g/mol. The fourth-order valence-corrected chi connectivity index (χ4v) is 3.13. The van der Waals surface area contributed by atoms with Crippen molar-refractivity contribution in [3.05, 3.63) is 74.7 Å². The zero-order valence-electron chi connectivity index (χ0n) is 15.8. The number of fused-ring (bicyclic) bond motifs is 1. The van der Waals surface area contributed by atoms with Gasteiger partial charge in [0.15, 0.2) is 0 Å². The van der Waals surface area contributed by atoms with Crippen molar-refractivity contribution in [3.63, 3.8) is 0 Å². The number of H-pyrrole nitrogens is 1. The van der Waals surface area contributed by atoms with Gasteiger partial charge in [-0.15, -0.1) is 0 Å². The van der Waals surface area contributed by atoms with Crippen LogP contribution in [0.25, 0.3) is 10.9 Å². The van der Waals surface area contributed by atoms with Gasteiger partial charge < -0.3 is 15.2 Å². The smallest absolute Gasteiger partial charge is 0.329 e. The minimum absolute atomic E-state index is 0.322. The highest BCUT2D eigenvalue weighted by atomic mass is 19.1. The molecule has 1 atom stereocenters. The predicted octanol–water partition coefficient (Wildman–Crippen LogP) is 1.77. The Morgan fingerprint density at radius 3 is 2.64 bits per heavy atom. The first-order chi connectivity index (χ1) is 13.3. The Kier molecular flexibility index (Phi) is 5.30. The van der Waals surface area contributed by atoms with Crippen molar-refractivity contribution in [1.82, 2.24) is 14.9 Å². The Balaban J connectivity index is 1.86. The summed E-state index contributed by atoms with van der Waals surface area (Å²) in [5.74, 6) is -0.937. The highest BCUT2D eigenvalue weighted by Crippen LogP contribution is 2.25. The maximum atomic E-state index is 13.7. The number of amides is 1. The number of rotatable bonds is 5. The Morgan fingerprint density at radius 2 is 1.93 bits per heavy atom. The van der Waals surface area contributed by atoms with E-state index in [0.717, 1.165) is 10.3 Å². The maximum Gasteiger partial charge on any atom is 0.329 e. The van der Waals surface area contributed by atoms with Crippen molar-refractivity contribution in [2.75, 3.05) is 19.0 Å². The highest BCUT2D eigenvalue weighted by Gasteiger charge is 2.17. The van der Waals surface area contributed by atoms with E-state index in [1.165, 1.54) is 12.1 Å². The normalized spacial score (nSPS) is 12.0. The summed E-state index contributed by atoms with van der Waals surface area (Å²) >= 11 is 0. The van der Waals surface area contributed by atoms with Gasteiger partial charge in [0.05, 0.1) is 16.9 Å². The van der Waals surface area contributed by atoms with E-state index in [1.807, 2.05) is 19.0 Å². The van der Waals surface area contributed by atoms with Crippen LogP contribution in [0.15, 0.2) is 52.1 Å². The molecule has 2 N–H and O–H groups in total. The second-order valence-electron chi connectivity index (χ2n) is 6.75. The molecule has 0 spiro atoms. The molecule has 0 aliphatic rings. The van der Waals surface area contributed by atoms with Crippen molar-refractivity contribution >= 4 is 22.5 Å². The van der Waals surface area contributed by atoms with Crippen molar-refractivity contribution in [2.24, 2.45) is 0 Å². The average Bonchev–Trinajstić information content (AvgIpc) is 2.64. The van der Waals surface area contributed by atoms with Crippen molar-refractivity contribution in [3.8, 4) is 0 Å². The molecule has 7 nitrogen and oxygen atoms in total. The Bertz CT molecular complexity index is 1150. The maximum absolute atomic E-state index is 13.7. The largest absolute Gasteiger partial charge is 0.377 e. The van der Waals surface area contributed by atoms with Crippen LogP contribution >= 0.6 is 0 Å². The number of aromatic nitrogens is 2. The van der Waals surface area contributed by atoms with Crippen LogP contribution in [0.1, 0.15) is 18.5 Å². The zero-order chi connectivity index (χ0) is 20.4. The number of carbonyl (C=O) groups excluding carboxylic acids is 1. The highest BCUT2D eigenvalue weighted by molar-refractivity contribution is 5.79. The number of benzene rings is 2. The third-order valence-electron chi connectivity index (χ3n) is 4.51. The summed E-state index contributed by atoms with van der Waals surface area (Å²) < 4.78 is 14.5. The molecule has 3 aromatic rings. The van der Waals surface area contributed by atoms with E-state index in [0.29, 0.717) is 16.5 Å². The van der Waals surface area contributed by atoms with E-state index < -0.39 is 35.6 Å². The van der Waals surface area contributed by atoms with Crippen molar-refractivity contribution < 1.29 is 9.18 Å². The van der Waals surface area contributed by atoms with Crippen LogP contribution in [0.5, 0.6) is 0 Å². The summed E-state index contributed by atoms with van der Waals surface area (Å²) in [6.07, 6.45) is 0. The van der Waals surface area contributed by atoms with Crippen LogP contribution < -0.4 is 21.5 Å². The Labute approximate surface area is 160 Å². The summed E-state index contributed by atoms with van der Waals surface area (Å²) in [4.78, 5) is 41.6. The van der Waals surface area contributed by atoms with Gasteiger partial charge in [-0.2, -0.15) is 0 Å². The lowest BCUT2D eigenvalue weighted by atomic mass is 10.0. The monoisotopic (exact) mass is 384 g/mol. The van der Waals surface area contributed by atoms with E-state index in [-0.39, 0.29) is 0 Å². The minimum atomic E-state index is -0.661. The fraction of sp³-hybridized carbons (Fsp3) is 0.250. The van der Waals surface area contributed by atoms with Crippen LogP contribution in [0.2, 0.25) is 0 Å². The summed E-state index contributed by atoms with van der Waals surface area (Å²) in [5, 5.41) is 3.05. The van der Waals surface area contributed by atoms with Crippen LogP contribution in [0.4, 0.5) is 10.1 Å². The molecule has 1 aromatic heterocycles. The number of halogens is 1. The number of hydrogen-bond donors (Lipinski definition) is 2. The molecule has 0 radical (unpaired) electrons. The molecule has 3 rings (SSSR count). The quantitative estimate of drug-likeness (QED) is 0.702. The first-order valence-corrected chi connectivity index (χ1v) is 8.76. The van der Waals surface area contributed by atoms with Gasteiger partial charge >= 0.3 is 5.69 Å². The Morgan fingerprint density at radius 1 is 1.21 bits per heavy atom. The molecule has 0 fully saturated rings. The van der Waals surface area contributed by atoms with Gasteiger partial charge in [-0.1, -0.05) is 12.1 Å². The van der Waals surface area contributed by atoms with Crippen LogP contribution in [-0.2, 0) is 11.3 Å². The van der Waals surface area contributed by atoms with Gasteiger partial charge in [0.25, 0.3) is 5.56 Å². The number of carbonyl (C=O) groups is 1. The standard InChI is InChI=1S/C20H21FN4O3/c1-12(15-10-13(21)8-9-17(15)24(2)3)22-18(26)11-25-19(27)14-6-4-5-7-16(14)23-20(25)28/h4-10,12H,11H2,1-3H3,(H,22,26)(H,23,28). The second kappa shape index (κ2) is 7.67. The molecule has 0 aliphatic carbocycles. The van der Waals surface area contributed by atoms with Gasteiger partial charge in [-0.3, -0.25) is 14.2 Å². The van der Waals surface area contributed by atoms with Gasteiger partial charge in [0.1, 0.15) is 12.4 Å². The molecule has 1 heterocycles. The molecule has 0 bridgehead atoms. The Hall–Kier alpha value is -3.42. The topological polar surface area (TPSA) is 87.2 Å². The van der Waals surface area contributed by atoms with Crippen molar-refractivity contribution in [2.45, 2.75) is 19.5 Å². The lowest BCUT2D eigenvalue weighted by molar-refractivity contribution is -0.122. The molecule has 0 saturated heterocycles. The first kappa shape index (κ1) is 19.3. The van der Waals surface area contributed by atoms with E-state index in [9.17, 15) is 18.8 Å². The molecule has 0 saturated carbocycles. The summed E-state index contributed by atoms with van der Waals surface area (Å²) in [6.45, 7) is 1.28. The number of nitrogens with one attached hydrogen (secondary N) is 2. The first-order valence-electron chi connectivity index (χ1n) is 8.76. The van der Waals surface area contributed by atoms with E-state index in [1.54, 1.807) is 37.3 Å². The molecule has 2 aromatic carbocycles. The predicted molar refractivity (Wildman–Crippen MR) is 106 cm³/mol. The third-order valence-corrected chi connectivity index (χ3v) is 4.51. The molecule has 1 unspecified atom stereocenters. The molecule has 8 heteroatoms. The number of anilines is 1. The SMILES string of the molecule is CC(NC(=O)Cn1c(=O)[nH]c2ccccc2c1=O)c1cc(F)ccc1N(C)C. The fourth-order valence-electron chi connectivity index (χ4n) is 3.13. The molecular weight excluding hydrogens is 363 g/mol. The van der Waals surface area contributed by atoms with E-state index in [2.05, 4.69) is 10.3 Å². The van der Waals surface area contributed by atoms with Crippen molar-refractivity contribution in [1.29, 1.82) is 0 Å². The van der Waals surface area contributed by atoms with Gasteiger partial charge in [0.2, 0.25) is 5.91 Å². The van der Waals surface area contributed by atoms with E-state index in [4.69, 9.17) is 0 Å². The summed E-state index contributed by atoms with van der Waals surface area (Å²) in [7, 11) is 3.64. The summed E-state index contributed by atoms with van der Waals surface area (Å²) in [5.41, 5.74) is 0.569. The van der Waals surface area contributed by atoms with Crippen LogP contribution in [-0.4, -0.2) is 29.6 Å². The van der Waals surface area contributed by atoms with Gasteiger partial charge in [-0.25, -0.2) is 9.18 Å². The lowest BCUT2D eigenvalue weighted by Crippen LogP contribution is -2.41. The number of hydrogen-bond acceptors (Lipinski definition) is 4. The third kappa shape index (κ3) is 3.80. The molecule has 0 aliphatic heterocycles. The number of para-hydroxylation sites is 1. The van der Waals surface area contributed by atoms with Crippen LogP contribution in [0, 0.1) is 5.82 Å². The molecular formula is C20H21FN4O3. The van der Waals surface area contributed by atoms with Gasteiger partial charge in [0, 0.05) is 25.3 Å². The lowest BCUT2D eigenvalue weighted by Gasteiger charge is -2.22. The van der Waals surface area contributed by atoms with E-state index >= 15 is 0 Å². The zero-order valence-corrected chi connectivity index (χ0v) is 15.8. The van der Waals surface area contributed by atoms with Gasteiger partial charge in [-0.05, 0) is 37.3 Å².